The van der Waals surface area contributed by atoms with Gasteiger partial charge in [0.15, 0.2) is 11.6 Å². The van der Waals surface area contributed by atoms with Crippen LogP contribution >= 0.6 is 0 Å². The number of hydrogen-bond acceptors (Lipinski definition) is 2. The van der Waals surface area contributed by atoms with Gasteiger partial charge in [-0.25, -0.2) is 4.39 Å². The van der Waals surface area contributed by atoms with E-state index in [1.807, 2.05) is 0 Å². The van der Waals surface area contributed by atoms with Crippen molar-refractivity contribution in [3.8, 4) is 5.75 Å². The van der Waals surface area contributed by atoms with Gasteiger partial charge in [-0.15, -0.1) is 13.2 Å². The molecule has 2 saturated carbocycles. The van der Waals surface area contributed by atoms with Gasteiger partial charge in [0, 0.05) is 12.8 Å². The Morgan fingerprint density at radius 2 is 1.52 bits per heavy atom. The molecule has 0 amide bonds. The van der Waals surface area contributed by atoms with Crippen molar-refractivity contribution in [2.75, 3.05) is 0 Å². The standard InChI is InChI=1S/C19H22F4O2/c20-17-11-15(7-10-18(17)25-19(21,22)23)14-3-1-12(2-4-14)13-5-8-16(24)9-6-13/h7,10-14H,1-6,8-9H2. The van der Waals surface area contributed by atoms with Gasteiger partial charge in [-0.3, -0.25) is 4.79 Å². The van der Waals surface area contributed by atoms with Crippen molar-refractivity contribution in [3.63, 3.8) is 0 Å². The lowest BCUT2D eigenvalue weighted by molar-refractivity contribution is -0.275. The monoisotopic (exact) mass is 358 g/mol. The molecule has 2 aliphatic rings. The summed E-state index contributed by atoms with van der Waals surface area (Å²) in [6, 6.07) is 3.77. The summed E-state index contributed by atoms with van der Waals surface area (Å²) in [6.07, 6.45) is 2.34. The smallest absolute Gasteiger partial charge is 0.403 e. The van der Waals surface area contributed by atoms with Crippen LogP contribution in [0.1, 0.15) is 62.8 Å². The molecule has 0 spiro atoms. The molecule has 0 bridgehead atoms. The van der Waals surface area contributed by atoms with Crippen LogP contribution in [0.5, 0.6) is 5.75 Å². The number of hydrogen-bond donors (Lipinski definition) is 0. The summed E-state index contributed by atoms with van der Waals surface area (Å²) in [6.45, 7) is 0. The molecule has 2 aliphatic carbocycles. The fourth-order valence-corrected chi connectivity index (χ4v) is 4.34. The van der Waals surface area contributed by atoms with Crippen molar-refractivity contribution in [2.24, 2.45) is 11.8 Å². The summed E-state index contributed by atoms with van der Waals surface area (Å²) in [5, 5.41) is 0. The number of alkyl halides is 3. The molecule has 138 valence electrons. The van der Waals surface area contributed by atoms with E-state index < -0.39 is 17.9 Å². The molecule has 0 unspecified atom stereocenters. The molecular formula is C19H22F4O2. The Kier molecular flexibility index (Phi) is 5.35. The molecule has 0 N–H and O–H groups in total. The number of Topliss-reactive ketones (excluding diaryl/α,β-unsaturated/α-hetero) is 1. The highest BCUT2D eigenvalue weighted by molar-refractivity contribution is 5.79. The van der Waals surface area contributed by atoms with Crippen molar-refractivity contribution >= 4 is 5.78 Å². The number of ether oxygens (including phenoxy) is 1. The van der Waals surface area contributed by atoms with E-state index in [0.717, 1.165) is 50.2 Å². The van der Waals surface area contributed by atoms with E-state index in [-0.39, 0.29) is 5.92 Å². The third-order valence-corrected chi connectivity index (χ3v) is 5.68. The SMILES string of the molecule is O=C1CCC(C2CCC(c3ccc(OC(F)(F)F)c(F)c3)CC2)CC1. The Hall–Kier alpha value is -1.59. The van der Waals surface area contributed by atoms with Crippen molar-refractivity contribution in [2.45, 2.75) is 63.6 Å². The first kappa shape index (κ1) is 18.2. The Labute approximate surface area is 144 Å². The minimum Gasteiger partial charge on any atom is -0.403 e. The first-order valence-corrected chi connectivity index (χ1v) is 8.88. The van der Waals surface area contributed by atoms with Gasteiger partial charge in [-0.05, 0) is 74.0 Å². The minimum atomic E-state index is -4.89. The fourth-order valence-electron chi connectivity index (χ4n) is 4.34. The zero-order valence-electron chi connectivity index (χ0n) is 13.9. The molecule has 1 aromatic rings. The van der Waals surface area contributed by atoms with Gasteiger partial charge >= 0.3 is 6.36 Å². The van der Waals surface area contributed by atoms with Crippen molar-refractivity contribution in [3.05, 3.63) is 29.6 Å². The number of benzene rings is 1. The topological polar surface area (TPSA) is 26.3 Å². The molecule has 0 heterocycles. The van der Waals surface area contributed by atoms with Crippen molar-refractivity contribution in [1.82, 2.24) is 0 Å². The minimum absolute atomic E-state index is 0.177. The van der Waals surface area contributed by atoms with Gasteiger partial charge in [0.2, 0.25) is 0 Å². The molecule has 6 heteroatoms. The van der Waals surface area contributed by atoms with E-state index in [4.69, 9.17) is 0 Å². The second-order valence-corrected chi connectivity index (χ2v) is 7.23. The third-order valence-electron chi connectivity index (χ3n) is 5.68. The average molecular weight is 358 g/mol. The zero-order chi connectivity index (χ0) is 18.0. The summed E-state index contributed by atoms with van der Waals surface area (Å²) in [5.41, 5.74) is 0.740. The molecule has 1 aromatic carbocycles. The molecule has 2 nitrogen and oxygen atoms in total. The second-order valence-electron chi connectivity index (χ2n) is 7.23. The normalized spacial score (nSPS) is 25.8. The van der Waals surface area contributed by atoms with E-state index in [9.17, 15) is 22.4 Å². The Bertz CT molecular complexity index is 608. The first-order chi connectivity index (χ1) is 11.8. The van der Waals surface area contributed by atoms with Gasteiger partial charge in [-0.1, -0.05) is 6.07 Å². The average Bonchev–Trinajstić information content (AvgIpc) is 2.56. The second kappa shape index (κ2) is 7.34. The molecular weight excluding hydrogens is 336 g/mol. The molecule has 25 heavy (non-hydrogen) atoms. The van der Waals surface area contributed by atoms with Crippen LogP contribution in [0.15, 0.2) is 18.2 Å². The molecule has 0 aromatic heterocycles. The van der Waals surface area contributed by atoms with Crippen LogP contribution in [0.25, 0.3) is 0 Å². The summed E-state index contributed by atoms with van der Waals surface area (Å²) in [5.74, 6) is 0.0111. The lowest BCUT2D eigenvalue weighted by Gasteiger charge is -2.35. The van der Waals surface area contributed by atoms with Gasteiger partial charge in [0.05, 0.1) is 0 Å². The van der Waals surface area contributed by atoms with Crippen LogP contribution in [0.3, 0.4) is 0 Å². The highest BCUT2D eigenvalue weighted by Gasteiger charge is 2.33. The summed E-state index contributed by atoms with van der Waals surface area (Å²) >= 11 is 0. The maximum Gasteiger partial charge on any atom is 0.573 e. The Balaban J connectivity index is 1.57. The van der Waals surface area contributed by atoms with Crippen LogP contribution < -0.4 is 4.74 Å². The molecule has 3 rings (SSSR count). The van der Waals surface area contributed by atoms with Gasteiger partial charge < -0.3 is 4.74 Å². The van der Waals surface area contributed by atoms with Gasteiger partial charge in [0.1, 0.15) is 5.78 Å². The maximum atomic E-state index is 13.9. The fraction of sp³-hybridized carbons (Fsp3) is 0.632. The first-order valence-electron chi connectivity index (χ1n) is 8.88. The molecule has 2 fully saturated rings. The Morgan fingerprint density at radius 3 is 2.08 bits per heavy atom. The van der Waals surface area contributed by atoms with Crippen LogP contribution in [0, 0.1) is 17.7 Å². The van der Waals surface area contributed by atoms with Crippen LogP contribution in [0.2, 0.25) is 0 Å². The highest BCUT2D eigenvalue weighted by atomic mass is 19.4. The summed E-state index contributed by atoms with van der Waals surface area (Å²) in [7, 11) is 0. The maximum absolute atomic E-state index is 13.9. The summed E-state index contributed by atoms with van der Waals surface area (Å²) in [4.78, 5) is 11.4. The Morgan fingerprint density at radius 1 is 0.920 bits per heavy atom. The lowest BCUT2D eigenvalue weighted by Crippen LogP contribution is -2.25. The molecule has 0 aliphatic heterocycles. The summed E-state index contributed by atoms with van der Waals surface area (Å²) < 4.78 is 54.2. The van der Waals surface area contributed by atoms with Gasteiger partial charge in [0.25, 0.3) is 0 Å². The number of halogens is 4. The van der Waals surface area contributed by atoms with Crippen molar-refractivity contribution < 1.29 is 27.1 Å². The molecule has 0 radical (unpaired) electrons. The largest absolute Gasteiger partial charge is 0.573 e. The van der Waals surface area contributed by atoms with Crippen LogP contribution in [-0.2, 0) is 4.79 Å². The van der Waals surface area contributed by atoms with Crippen LogP contribution in [-0.4, -0.2) is 12.1 Å². The highest BCUT2D eigenvalue weighted by Crippen LogP contribution is 2.43. The van der Waals surface area contributed by atoms with E-state index in [1.165, 1.54) is 12.1 Å². The predicted molar refractivity (Wildman–Crippen MR) is 84.7 cm³/mol. The van der Waals surface area contributed by atoms with Crippen molar-refractivity contribution in [1.29, 1.82) is 0 Å². The lowest BCUT2D eigenvalue weighted by atomic mass is 9.70. The van der Waals surface area contributed by atoms with E-state index >= 15 is 0 Å². The predicted octanol–water partition coefficient (Wildman–Crippen LogP) is 5.76. The number of ketones is 1. The molecule has 0 atom stereocenters. The van der Waals surface area contributed by atoms with Crippen LogP contribution in [0.4, 0.5) is 17.6 Å². The number of carbonyl (C=O) groups excluding carboxylic acids is 1. The van der Waals surface area contributed by atoms with Gasteiger partial charge in [-0.2, -0.15) is 0 Å². The molecule has 0 saturated heterocycles. The quantitative estimate of drug-likeness (QED) is 0.643. The third kappa shape index (κ3) is 4.73. The van der Waals surface area contributed by atoms with E-state index in [2.05, 4.69) is 4.74 Å². The number of rotatable bonds is 3. The van der Waals surface area contributed by atoms with E-state index in [0.29, 0.717) is 30.5 Å². The zero-order valence-corrected chi connectivity index (χ0v) is 13.9. The van der Waals surface area contributed by atoms with E-state index in [1.54, 1.807) is 0 Å². The number of carbonyl (C=O) groups is 1.